The summed E-state index contributed by atoms with van der Waals surface area (Å²) in [7, 11) is -4.47. The van der Waals surface area contributed by atoms with E-state index in [9.17, 15) is 14.3 Å². The van der Waals surface area contributed by atoms with Crippen LogP contribution in [-0.2, 0) is 9.09 Å². The van der Waals surface area contributed by atoms with Crippen molar-refractivity contribution in [2.45, 2.75) is 0 Å². The van der Waals surface area contributed by atoms with E-state index in [1.54, 1.807) is 30.3 Å². The third kappa shape index (κ3) is 2.93. The summed E-state index contributed by atoms with van der Waals surface area (Å²) in [6, 6.07) is 20.0. The lowest BCUT2D eigenvalue weighted by Gasteiger charge is -2.23. The lowest BCUT2D eigenvalue weighted by Crippen LogP contribution is -2.20. The summed E-state index contributed by atoms with van der Waals surface area (Å²) < 4.78 is 17.0. The molecule has 3 rings (SSSR count). The molecule has 1 atom stereocenters. The van der Waals surface area contributed by atoms with Gasteiger partial charge in [-0.25, -0.2) is 4.79 Å². The van der Waals surface area contributed by atoms with Crippen molar-refractivity contribution in [2.24, 2.45) is 0 Å². The zero-order valence-corrected chi connectivity index (χ0v) is 12.4. The minimum absolute atomic E-state index is 0.0181. The Balaban J connectivity index is 1.91. The highest BCUT2D eigenvalue weighted by molar-refractivity contribution is 7.60. The Morgan fingerprint density at radius 1 is 0.864 bits per heavy atom. The van der Waals surface area contributed by atoms with Crippen molar-refractivity contribution in [3.8, 4) is 0 Å². The van der Waals surface area contributed by atoms with Crippen LogP contribution in [0.1, 0.15) is 10.4 Å². The maximum Gasteiger partial charge on any atom is 0.342 e. The van der Waals surface area contributed by atoms with Crippen molar-refractivity contribution in [3.63, 3.8) is 0 Å². The molecule has 0 radical (unpaired) electrons. The minimum Gasteiger partial charge on any atom is -0.765 e. The molecule has 0 amide bonds. The molecule has 5 heteroatoms. The molecule has 22 heavy (non-hydrogen) atoms. The maximum atomic E-state index is 12.2. The van der Waals surface area contributed by atoms with Crippen LogP contribution in [0.2, 0.25) is 0 Å². The second-order valence-corrected chi connectivity index (χ2v) is 6.47. The fourth-order valence-electron chi connectivity index (χ4n) is 2.14. The smallest absolute Gasteiger partial charge is 0.342 e. The molecule has 3 aromatic carbocycles. The van der Waals surface area contributed by atoms with Gasteiger partial charge in [-0.1, -0.05) is 48.5 Å². The van der Waals surface area contributed by atoms with Crippen molar-refractivity contribution in [2.75, 3.05) is 0 Å². The molecule has 0 bridgehead atoms. The molecule has 0 heterocycles. The molecule has 0 fully saturated rings. The predicted octanol–water partition coefficient (Wildman–Crippen LogP) is 2.88. The van der Waals surface area contributed by atoms with Gasteiger partial charge < -0.3 is 9.42 Å². The molecule has 110 valence electrons. The average molecular weight is 311 g/mol. The first-order chi connectivity index (χ1) is 10.6. The van der Waals surface area contributed by atoms with E-state index < -0.39 is 13.6 Å². The van der Waals surface area contributed by atoms with Crippen LogP contribution in [0.3, 0.4) is 0 Å². The number of carbonyl (C=O) groups is 1. The quantitative estimate of drug-likeness (QED) is 0.698. The van der Waals surface area contributed by atoms with Crippen molar-refractivity contribution in [1.29, 1.82) is 0 Å². The van der Waals surface area contributed by atoms with Crippen molar-refractivity contribution in [3.05, 3.63) is 78.4 Å². The molecule has 1 unspecified atom stereocenters. The first kappa shape index (κ1) is 14.5. The van der Waals surface area contributed by atoms with Crippen molar-refractivity contribution < 1.29 is 18.8 Å². The molecular weight excluding hydrogens is 299 g/mol. The van der Waals surface area contributed by atoms with E-state index in [-0.39, 0.29) is 10.9 Å². The zero-order chi connectivity index (χ0) is 15.6. The van der Waals surface area contributed by atoms with Crippen LogP contribution in [-0.4, -0.2) is 5.97 Å². The van der Waals surface area contributed by atoms with E-state index in [2.05, 4.69) is 0 Å². The molecule has 0 aromatic heterocycles. The summed E-state index contributed by atoms with van der Waals surface area (Å²) in [5, 5.41) is 1.67. The molecule has 0 aliphatic carbocycles. The van der Waals surface area contributed by atoms with Gasteiger partial charge in [-0.3, -0.25) is 4.57 Å². The summed E-state index contributed by atoms with van der Waals surface area (Å²) in [5.41, 5.74) is 0.194. The average Bonchev–Trinajstić information content (AvgIpc) is 2.55. The number of hydrogen-bond donors (Lipinski definition) is 0. The standard InChI is InChI=1S/C17H13O4P/c18-17(14-7-2-1-3-8-14)21-22(19,20)16-11-10-13-6-4-5-9-15(13)12-16/h1-12H,(H,19,20)/p-1. The Labute approximate surface area is 127 Å². The third-order valence-corrected chi connectivity index (χ3v) is 4.58. The summed E-state index contributed by atoms with van der Waals surface area (Å²) in [5.74, 6) is -0.882. The van der Waals surface area contributed by atoms with E-state index in [0.29, 0.717) is 0 Å². The maximum absolute atomic E-state index is 12.2. The van der Waals surface area contributed by atoms with E-state index in [1.807, 2.05) is 18.2 Å². The highest BCUT2D eigenvalue weighted by Gasteiger charge is 2.19. The van der Waals surface area contributed by atoms with Crippen LogP contribution in [0, 0.1) is 0 Å². The van der Waals surface area contributed by atoms with Gasteiger partial charge in [0.1, 0.15) is 0 Å². The molecule has 0 saturated carbocycles. The summed E-state index contributed by atoms with van der Waals surface area (Å²) in [4.78, 5) is 24.1. The Morgan fingerprint density at radius 2 is 1.50 bits per heavy atom. The summed E-state index contributed by atoms with van der Waals surface area (Å²) in [6.07, 6.45) is 0. The minimum atomic E-state index is -4.47. The van der Waals surface area contributed by atoms with Gasteiger partial charge in [-0.15, -0.1) is 0 Å². The van der Waals surface area contributed by atoms with Gasteiger partial charge >= 0.3 is 5.97 Å². The van der Waals surface area contributed by atoms with Gasteiger partial charge in [-0.05, 0) is 35.0 Å². The van der Waals surface area contributed by atoms with Crippen LogP contribution in [0.15, 0.2) is 72.8 Å². The predicted molar refractivity (Wildman–Crippen MR) is 83.0 cm³/mol. The molecule has 4 nitrogen and oxygen atoms in total. The summed E-state index contributed by atoms with van der Waals surface area (Å²) in [6.45, 7) is 0. The van der Waals surface area contributed by atoms with Gasteiger partial charge in [0.05, 0.1) is 5.56 Å². The summed E-state index contributed by atoms with van der Waals surface area (Å²) >= 11 is 0. The molecule has 3 aromatic rings. The second-order valence-electron chi connectivity index (χ2n) is 4.77. The largest absolute Gasteiger partial charge is 0.765 e. The number of fused-ring (bicyclic) bond motifs is 1. The molecule has 0 aliphatic rings. The highest BCUT2D eigenvalue weighted by Crippen LogP contribution is 2.37. The molecule has 0 spiro atoms. The third-order valence-electron chi connectivity index (χ3n) is 3.26. The first-order valence-corrected chi connectivity index (χ1v) is 8.20. The fraction of sp³-hybridized carbons (Fsp3) is 0. The Morgan fingerprint density at radius 3 is 2.23 bits per heavy atom. The van der Waals surface area contributed by atoms with Gasteiger partial charge in [-0.2, -0.15) is 0 Å². The van der Waals surface area contributed by atoms with Crippen LogP contribution in [0.5, 0.6) is 0 Å². The van der Waals surface area contributed by atoms with E-state index in [1.165, 1.54) is 24.3 Å². The van der Waals surface area contributed by atoms with Crippen LogP contribution < -0.4 is 10.2 Å². The lowest BCUT2D eigenvalue weighted by molar-refractivity contribution is -0.189. The topological polar surface area (TPSA) is 66.4 Å². The SMILES string of the molecule is O=C(OP(=O)([O-])c1ccc2ccccc2c1)c1ccccc1. The van der Waals surface area contributed by atoms with Gasteiger partial charge in [0, 0.05) is 5.30 Å². The van der Waals surface area contributed by atoms with E-state index >= 15 is 0 Å². The first-order valence-electron chi connectivity index (χ1n) is 6.66. The number of carbonyl (C=O) groups excluding carboxylic acids is 1. The fourth-order valence-corrected chi connectivity index (χ4v) is 3.12. The Kier molecular flexibility index (Phi) is 3.80. The lowest BCUT2D eigenvalue weighted by atomic mass is 10.1. The number of benzene rings is 3. The molecule has 0 N–H and O–H groups in total. The van der Waals surface area contributed by atoms with Crippen molar-refractivity contribution >= 4 is 29.6 Å². The Bertz CT molecular complexity index is 874. The van der Waals surface area contributed by atoms with Gasteiger partial charge in [0.15, 0.2) is 0 Å². The molecule has 0 saturated heterocycles. The molecular formula is C17H12O4P-. The normalized spacial score (nSPS) is 13.5. The van der Waals surface area contributed by atoms with Gasteiger partial charge in [0.2, 0.25) is 7.60 Å². The second kappa shape index (κ2) is 5.76. The molecule has 0 aliphatic heterocycles. The van der Waals surface area contributed by atoms with Crippen LogP contribution in [0.4, 0.5) is 0 Å². The van der Waals surface area contributed by atoms with Gasteiger partial charge in [0.25, 0.3) is 0 Å². The monoisotopic (exact) mass is 311 g/mol. The highest BCUT2D eigenvalue weighted by atomic mass is 31.2. The van der Waals surface area contributed by atoms with E-state index in [0.717, 1.165) is 10.8 Å². The number of rotatable bonds is 3. The van der Waals surface area contributed by atoms with Crippen LogP contribution in [0.25, 0.3) is 10.8 Å². The zero-order valence-electron chi connectivity index (χ0n) is 11.5. The van der Waals surface area contributed by atoms with E-state index in [4.69, 9.17) is 4.52 Å². The Hall–Kier alpha value is -2.42. The van der Waals surface area contributed by atoms with Crippen LogP contribution >= 0.6 is 7.60 Å². The number of hydrogen-bond acceptors (Lipinski definition) is 4. The van der Waals surface area contributed by atoms with Crippen molar-refractivity contribution in [1.82, 2.24) is 0 Å².